The molecule has 3 aromatic rings. The molecule has 0 saturated carbocycles. The molecule has 3 aromatic carbocycles. The highest BCUT2D eigenvalue weighted by molar-refractivity contribution is 6.40. The van der Waals surface area contributed by atoms with Gasteiger partial charge in [0.05, 0.1) is 10.6 Å². The number of hydrogen-bond acceptors (Lipinski definition) is 6. The van der Waals surface area contributed by atoms with E-state index in [4.69, 9.17) is 4.74 Å². The van der Waals surface area contributed by atoms with Gasteiger partial charge in [-0.2, -0.15) is 0 Å². The largest absolute Gasteiger partial charge is 0.434 e. The van der Waals surface area contributed by atoms with E-state index in [-0.39, 0.29) is 11.6 Å². The number of nitrogens with one attached hydrogen (secondary N) is 2. The van der Waals surface area contributed by atoms with Gasteiger partial charge in [0.25, 0.3) is 5.69 Å². The molecule has 0 aliphatic rings. The zero-order valence-electron chi connectivity index (χ0n) is 14.6. The van der Waals surface area contributed by atoms with E-state index < -0.39 is 10.8 Å². The molecule has 0 fully saturated rings. The first-order chi connectivity index (χ1) is 13.6. The van der Waals surface area contributed by atoms with Crippen LogP contribution in [0.2, 0.25) is 0 Å². The summed E-state index contributed by atoms with van der Waals surface area (Å²) in [6.07, 6.45) is 0. The van der Waals surface area contributed by atoms with Crippen LogP contribution in [0.25, 0.3) is 0 Å². The molecule has 0 heterocycles. The van der Waals surface area contributed by atoms with Crippen molar-refractivity contribution in [2.24, 2.45) is 5.10 Å². The van der Waals surface area contributed by atoms with Crippen LogP contribution in [0.3, 0.4) is 0 Å². The first kappa shape index (κ1) is 18.6. The summed E-state index contributed by atoms with van der Waals surface area (Å²) in [5.41, 5.74) is 3.69. The lowest BCUT2D eigenvalue weighted by atomic mass is 10.3. The predicted octanol–water partition coefficient (Wildman–Crippen LogP) is 4.04. The van der Waals surface area contributed by atoms with Crippen molar-refractivity contribution in [2.75, 3.05) is 10.7 Å². The molecule has 0 atom stereocenters. The molecule has 2 N–H and O–H groups in total. The lowest BCUT2D eigenvalue weighted by Crippen LogP contribution is -2.28. The molecule has 8 heteroatoms. The molecule has 3 rings (SSSR count). The molecule has 1 amide bonds. The number of rotatable bonds is 5. The van der Waals surface area contributed by atoms with Gasteiger partial charge in [-0.25, -0.2) is 0 Å². The fourth-order valence-electron chi connectivity index (χ4n) is 2.20. The summed E-state index contributed by atoms with van der Waals surface area (Å²) < 4.78 is 5.60. The van der Waals surface area contributed by atoms with Gasteiger partial charge in [-0.15, -0.1) is 5.10 Å². The number of carbonyl (C=O) groups is 1. The monoisotopic (exact) mass is 376 g/mol. The third-order valence-electron chi connectivity index (χ3n) is 3.55. The van der Waals surface area contributed by atoms with Gasteiger partial charge in [0.1, 0.15) is 5.75 Å². The van der Waals surface area contributed by atoms with Crippen LogP contribution in [0.5, 0.6) is 5.75 Å². The second-order valence-electron chi connectivity index (χ2n) is 5.57. The first-order valence-corrected chi connectivity index (χ1v) is 8.29. The van der Waals surface area contributed by atoms with Crippen LogP contribution >= 0.6 is 0 Å². The normalized spacial score (nSPS) is 10.8. The number of amides is 1. The number of hydrazone groups is 1. The number of para-hydroxylation sites is 2. The van der Waals surface area contributed by atoms with Crippen LogP contribution in [0, 0.1) is 10.1 Å². The summed E-state index contributed by atoms with van der Waals surface area (Å²) in [7, 11) is 0. The summed E-state index contributed by atoms with van der Waals surface area (Å²) in [5, 5.41) is 17.5. The van der Waals surface area contributed by atoms with Gasteiger partial charge in [0, 0.05) is 17.8 Å². The van der Waals surface area contributed by atoms with Crippen molar-refractivity contribution in [3.63, 3.8) is 0 Å². The lowest BCUT2D eigenvalue weighted by molar-refractivity contribution is -0.384. The summed E-state index contributed by atoms with van der Waals surface area (Å²) in [6.45, 7) is 0. The minimum absolute atomic E-state index is 0.0443. The zero-order chi connectivity index (χ0) is 19.8. The molecular weight excluding hydrogens is 360 g/mol. The van der Waals surface area contributed by atoms with E-state index in [1.807, 2.05) is 12.1 Å². The second kappa shape index (κ2) is 8.95. The van der Waals surface area contributed by atoms with E-state index in [0.29, 0.717) is 17.1 Å². The average molecular weight is 376 g/mol. The van der Waals surface area contributed by atoms with Crippen LogP contribution in [-0.4, -0.2) is 16.7 Å². The van der Waals surface area contributed by atoms with Crippen molar-refractivity contribution in [3.8, 4) is 5.75 Å². The van der Waals surface area contributed by atoms with Gasteiger partial charge in [0.15, 0.2) is 0 Å². The molecule has 8 nitrogen and oxygen atoms in total. The van der Waals surface area contributed by atoms with Crippen molar-refractivity contribution >= 4 is 28.9 Å². The Balaban J connectivity index is 1.79. The van der Waals surface area contributed by atoms with E-state index in [9.17, 15) is 14.9 Å². The van der Waals surface area contributed by atoms with E-state index in [2.05, 4.69) is 15.8 Å². The fourth-order valence-corrected chi connectivity index (χ4v) is 2.20. The Labute approximate surface area is 160 Å². The van der Waals surface area contributed by atoms with E-state index >= 15 is 0 Å². The zero-order valence-corrected chi connectivity index (χ0v) is 14.6. The van der Waals surface area contributed by atoms with Crippen LogP contribution < -0.4 is 15.5 Å². The highest BCUT2D eigenvalue weighted by Crippen LogP contribution is 2.16. The number of nitrogens with zero attached hydrogens (tertiary/aromatic N) is 2. The van der Waals surface area contributed by atoms with Crippen molar-refractivity contribution in [2.45, 2.75) is 0 Å². The van der Waals surface area contributed by atoms with Crippen molar-refractivity contribution < 1.29 is 14.5 Å². The van der Waals surface area contributed by atoms with Crippen LogP contribution in [0.15, 0.2) is 90.0 Å². The highest BCUT2D eigenvalue weighted by Gasteiger charge is 2.15. The molecule has 0 aliphatic heterocycles. The molecular formula is C20H16N4O4. The Hall–Kier alpha value is -4.20. The maximum absolute atomic E-state index is 12.6. The van der Waals surface area contributed by atoms with E-state index in [0.717, 1.165) is 0 Å². The number of non-ortho nitro benzene ring substituents is 1. The van der Waals surface area contributed by atoms with Crippen molar-refractivity contribution in [3.05, 3.63) is 95.0 Å². The molecule has 0 unspecified atom stereocenters. The Kier molecular flexibility index (Phi) is 5.94. The van der Waals surface area contributed by atoms with Crippen LogP contribution in [-0.2, 0) is 4.79 Å². The molecule has 0 bridgehead atoms. The second-order valence-corrected chi connectivity index (χ2v) is 5.57. The number of nitro benzene ring substituents is 1. The molecule has 28 heavy (non-hydrogen) atoms. The number of ether oxygens (including phenoxy) is 1. The van der Waals surface area contributed by atoms with Crippen molar-refractivity contribution in [1.29, 1.82) is 0 Å². The first-order valence-electron chi connectivity index (χ1n) is 8.29. The Morgan fingerprint density at radius 2 is 1.46 bits per heavy atom. The molecule has 0 spiro atoms. The van der Waals surface area contributed by atoms with Crippen LogP contribution in [0.1, 0.15) is 0 Å². The number of hydrogen-bond donors (Lipinski definition) is 2. The van der Waals surface area contributed by atoms with Gasteiger partial charge in [-0.3, -0.25) is 20.3 Å². The summed E-state index contributed by atoms with van der Waals surface area (Å²) in [6, 6.07) is 23.3. The van der Waals surface area contributed by atoms with Crippen LogP contribution in [0.4, 0.5) is 17.1 Å². The quantitative estimate of drug-likeness (QED) is 0.303. The minimum atomic E-state index is -0.551. The predicted molar refractivity (Wildman–Crippen MR) is 106 cm³/mol. The van der Waals surface area contributed by atoms with E-state index in [1.165, 1.54) is 24.3 Å². The molecule has 140 valence electrons. The maximum Gasteiger partial charge on any atom is 0.313 e. The van der Waals surface area contributed by atoms with Crippen molar-refractivity contribution in [1.82, 2.24) is 0 Å². The number of nitro groups is 1. The Bertz CT molecular complexity index is 974. The lowest BCUT2D eigenvalue weighted by Gasteiger charge is -2.10. The average Bonchev–Trinajstić information content (AvgIpc) is 2.73. The number of anilines is 2. The summed E-state index contributed by atoms with van der Waals surface area (Å²) >= 11 is 0. The molecule has 0 radical (unpaired) electrons. The molecule has 0 saturated heterocycles. The summed E-state index contributed by atoms with van der Waals surface area (Å²) in [5.74, 6) is -0.326. The smallest absolute Gasteiger partial charge is 0.313 e. The van der Waals surface area contributed by atoms with Gasteiger partial charge in [-0.05, 0) is 36.4 Å². The topological polar surface area (TPSA) is 106 Å². The summed E-state index contributed by atoms with van der Waals surface area (Å²) in [4.78, 5) is 22.8. The maximum atomic E-state index is 12.6. The third kappa shape index (κ3) is 5.15. The third-order valence-corrected chi connectivity index (χ3v) is 3.55. The molecule has 0 aromatic heterocycles. The molecule has 0 aliphatic carbocycles. The van der Waals surface area contributed by atoms with Gasteiger partial charge < -0.3 is 10.1 Å². The minimum Gasteiger partial charge on any atom is -0.434 e. The van der Waals surface area contributed by atoms with Gasteiger partial charge in [-0.1, -0.05) is 36.4 Å². The van der Waals surface area contributed by atoms with Gasteiger partial charge >= 0.3 is 11.8 Å². The number of benzene rings is 3. The fraction of sp³-hybridized carbons (Fsp3) is 0. The number of carbonyl (C=O) groups excluding carboxylic acids is 1. The van der Waals surface area contributed by atoms with E-state index in [1.54, 1.807) is 48.5 Å². The van der Waals surface area contributed by atoms with Gasteiger partial charge in [0.2, 0.25) is 0 Å². The SMILES string of the molecule is O=C(Nc1ccccc1)/C(=N\Nc1ccc([N+](=O)[O-])cc1)Oc1ccccc1. The standard InChI is InChI=1S/C20H16N4O4/c25-19(21-15-7-3-1-4-8-15)20(28-18-9-5-2-6-10-18)23-22-16-11-13-17(14-12-16)24(26)27/h1-14,22H,(H,21,25)/b23-20+. The highest BCUT2D eigenvalue weighted by atomic mass is 16.6. The Morgan fingerprint density at radius 1 is 0.857 bits per heavy atom. The Morgan fingerprint density at radius 3 is 2.07 bits per heavy atom.